The van der Waals surface area contributed by atoms with Crippen LogP contribution < -0.4 is 15.6 Å². The Kier molecular flexibility index (Phi) is 5.65. The third kappa shape index (κ3) is 4.27. The summed E-state index contributed by atoms with van der Waals surface area (Å²) in [5, 5.41) is 3.36. The van der Waals surface area contributed by atoms with Crippen LogP contribution in [0.5, 0.6) is 5.75 Å². The van der Waals surface area contributed by atoms with Crippen molar-refractivity contribution >= 4 is 28.6 Å². The van der Waals surface area contributed by atoms with E-state index in [4.69, 9.17) is 4.74 Å². The minimum atomic E-state index is -0.278. The molecule has 0 bridgehead atoms. The number of nitrogens with one attached hydrogen (secondary N) is 1. The number of carbonyl (C=O) groups excluding carboxylic acids is 1. The second-order valence-electron chi connectivity index (χ2n) is 7.70. The van der Waals surface area contributed by atoms with Gasteiger partial charge < -0.3 is 10.1 Å². The van der Waals surface area contributed by atoms with Crippen LogP contribution in [0, 0.1) is 0 Å². The summed E-state index contributed by atoms with van der Waals surface area (Å²) in [6, 6.07) is 12.8. The van der Waals surface area contributed by atoms with Crippen LogP contribution in [0.3, 0.4) is 0 Å². The number of aromatic nitrogens is 2. The Balaban J connectivity index is 1.54. The molecule has 0 atom stereocenters. The quantitative estimate of drug-likeness (QED) is 0.649. The van der Waals surface area contributed by atoms with Crippen molar-refractivity contribution in [2.24, 2.45) is 0 Å². The molecule has 30 heavy (non-hydrogen) atoms. The van der Waals surface area contributed by atoms with E-state index in [2.05, 4.69) is 10.3 Å². The lowest BCUT2D eigenvalue weighted by Gasteiger charge is -2.18. The molecule has 0 aliphatic carbocycles. The van der Waals surface area contributed by atoms with Crippen molar-refractivity contribution in [1.29, 1.82) is 0 Å². The van der Waals surface area contributed by atoms with Crippen molar-refractivity contribution in [3.05, 3.63) is 70.3 Å². The van der Waals surface area contributed by atoms with Gasteiger partial charge >= 0.3 is 0 Å². The number of fused-ring (bicyclic) bond motifs is 2. The van der Waals surface area contributed by atoms with Crippen molar-refractivity contribution in [2.45, 2.75) is 45.8 Å². The Morgan fingerprint density at radius 1 is 1.20 bits per heavy atom. The first-order valence-corrected chi connectivity index (χ1v) is 10.3. The van der Waals surface area contributed by atoms with E-state index in [-0.39, 0.29) is 17.6 Å². The minimum absolute atomic E-state index is 0.0406. The highest BCUT2D eigenvalue weighted by molar-refractivity contribution is 6.03. The number of anilines is 1. The van der Waals surface area contributed by atoms with Crippen LogP contribution in [0.2, 0.25) is 0 Å². The molecule has 3 aromatic rings. The summed E-state index contributed by atoms with van der Waals surface area (Å²) in [6.45, 7) is 4.62. The molecule has 1 aliphatic rings. The third-order valence-electron chi connectivity index (χ3n) is 5.03. The lowest BCUT2D eigenvalue weighted by atomic mass is 10.1. The van der Waals surface area contributed by atoms with E-state index in [9.17, 15) is 9.59 Å². The first-order chi connectivity index (χ1) is 14.5. The number of para-hydroxylation sites is 1. The monoisotopic (exact) mass is 403 g/mol. The highest BCUT2D eigenvalue weighted by Gasteiger charge is 2.15. The summed E-state index contributed by atoms with van der Waals surface area (Å²) in [5.74, 6) is 1.30. The predicted molar refractivity (Wildman–Crippen MR) is 119 cm³/mol. The van der Waals surface area contributed by atoms with E-state index in [1.165, 1.54) is 6.08 Å². The van der Waals surface area contributed by atoms with E-state index in [0.717, 1.165) is 36.4 Å². The number of nitrogens with zero attached hydrogens (tertiary/aromatic N) is 2. The molecular formula is C24H25N3O3. The molecule has 0 radical (unpaired) electrons. The number of amides is 1. The number of carbonyl (C=O) groups is 1. The van der Waals surface area contributed by atoms with Crippen molar-refractivity contribution < 1.29 is 9.53 Å². The summed E-state index contributed by atoms with van der Waals surface area (Å²) < 4.78 is 7.53. The smallest absolute Gasteiger partial charge is 0.261 e. The lowest BCUT2D eigenvalue weighted by Crippen LogP contribution is -2.28. The lowest BCUT2D eigenvalue weighted by molar-refractivity contribution is -0.111. The molecule has 1 aromatic heterocycles. The SMILES string of the molecule is CC(C)Oc1ccccc1/C=C/C(=O)Nc1ccc2nc3n(c(=O)c2c1)CCCC3. The van der Waals surface area contributed by atoms with Crippen molar-refractivity contribution in [1.82, 2.24) is 9.55 Å². The maximum Gasteiger partial charge on any atom is 0.261 e. The molecular weight excluding hydrogens is 378 g/mol. The number of benzene rings is 2. The van der Waals surface area contributed by atoms with Gasteiger partial charge in [0.25, 0.3) is 5.56 Å². The topological polar surface area (TPSA) is 73.2 Å². The van der Waals surface area contributed by atoms with Gasteiger partial charge in [-0.2, -0.15) is 0 Å². The highest BCUT2D eigenvalue weighted by Crippen LogP contribution is 2.21. The fraction of sp³-hybridized carbons (Fsp3) is 0.292. The van der Waals surface area contributed by atoms with Gasteiger partial charge in [-0.3, -0.25) is 14.2 Å². The molecule has 0 spiro atoms. The van der Waals surface area contributed by atoms with Gasteiger partial charge in [-0.1, -0.05) is 18.2 Å². The van der Waals surface area contributed by atoms with E-state index in [1.54, 1.807) is 28.8 Å². The first-order valence-electron chi connectivity index (χ1n) is 10.3. The Bertz CT molecular complexity index is 1180. The average molecular weight is 403 g/mol. The molecule has 1 N–H and O–H groups in total. The Morgan fingerprint density at radius 3 is 2.87 bits per heavy atom. The maximum absolute atomic E-state index is 12.8. The van der Waals surface area contributed by atoms with Gasteiger partial charge in [-0.15, -0.1) is 0 Å². The molecule has 1 amide bonds. The van der Waals surface area contributed by atoms with Gasteiger partial charge in [0, 0.05) is 30.3 Å². The van der Waals surface area contributed by atoms with Crippen molar-refractivity contribution in [3.8, 4) is 5.75 Å². The number of hydrogen-bond acceptors (Lipinski definition) is 4. The van der Waals surface area contributed by atoms with E-state index in [0.29, 0.717) is 23.1 Å². The fourth-order valence-electron chi connectivity index (χ4n) is 3.65. The molecule has 2 aromatic carbocycles. The second kappa shape index (κ2) is 8.53. The van der Waals surface area contributed by atoms with Crippen LogP contribution in [0.1, 0.15) is 38.1 Å². The van der Waals surface area contributed by atoms with E-state index in [1.807, 2.05) is 38.1 Å². The molecule has 1 aliphatic heterocycles. The minimum Gasteiger partial charge on any atom is -0.490 e. The first kappa shape index (κ1) is 19.9. The molecule has 0 unspecified atom stereocenters. The van der Waals surface area contributed by atoms with Gasteiger partial charge in [-0.05, 0) is 57.0 Å². The van der Waals surface area contributed by atoms with Crippen molar-refractivity contribution in [3.63, 3.8) is 0 Å². The third-order valence-corrected chi connectivity index (χ3v) is 5.03. The van der Waals surface area contributed by atoms with Crippen LogP contribution in [0.25, 0.3) is 17.0 Å². The fourth-order valence-corrected chi connectivity index (χ4v) is 3.65. The van der Waals surface area contributed by atoms with Crippen LogP contribution in [-0.2, 0) is 17.8 Å². The average Bonchev–Trinajstić information content (AvgIpc) is 2.73. The maximum atomic E-state index is 12.8. The Labute approximate surface area is 175 Å². The zero-order chi connectivity index (χ0) is 21.1. The molecule has 0 saturated carbocycles. The van der Waals surface area contributed by atoms with Gasteiger partial charge in [0.15, 0.2) is 0 Å². The molecule has 0 fully saturated rings. The van der Waals surface area contributed by atoms with Gasteiger partial charge in [-0.25, -0.2) is 4.98 Å². The largest absolute Gasteiger partial charge is 0.490 e. The summed E-state index contributed by atoms with van der Waals surface area (Å²) in [6.07, 6.45) is 6.11. The van der Waals surface area contributed by atoms with E-state index >= 15 is 0 Å². The van der Waals surface area contributed by atoms with Gasteiger partial charge in [0.05, 0.1) is 17.0 Å². The molecule has 6 heteroatoms. The normalized spacial score (nSPS) is 13.6. The highest BCUT2D eigenvalue weighted by atomic mass is 16.5. The summed E-state index contributed by atoms with van der Waals surface area (Å²) in [5.41, 5.74) is 2.02. The Hall–Kier alpha value is -3.41. The molecule has 4 rings (SSSR count). The number of aryl methyl sites for hydroxylation is 1. The summed E-state index contributed by atoms with van der Waals surface area (Å²) in [4.78, 5) is 29.9. The predicted octanol–water partition coefficient (Wildman–Crippen LogP) is 4.17. The zero-order valence-electron chi connectivity index (χ0n) is 17.2. The van der Waals surface area contributed by atoms with Crippen LogP contribution in [-0.4, -0.2) is 21.6 Å². The van der Waals surface area contributed by atoms with Crippen LogP contribution in [0.4, 0.5) is 5.69 Å². The van der Waals surface area contributed by atoms with Gasteiger partial charge in [0.2, 0.25) is 5.91 Å². The van der Waals surface area contributed by atoms with Crippen LogP contribution in [0.15, 0.2) is 53.3 Å². The standard InChI is InChI=1S/C24H25N3O3/c1-16(2)30-21-8-4-3-7-17(21)10-13-23(28)25-18-11-12-20-19(15-18)24(29)27-14-6-5-9-22(27)26-20/h3-4,7-8,10-13,15-16H,5-6,9,14H2,1-2H3,(H,25,28)/b13-10+. The zero-order valence-corrected chi connectivity index (χ0v) is 17.2. The molecule has 2 heterocycles. The second-order valence-corrected chi connectivity index (χ2v) is 7.70. The molecule has 0 saturated heterocycles. The Morgan fingerprint density at radius 2 is 2.03 bits per heavy atom. The number of hydrogen-bond donors (Lipinski definition) is 1. The number of rotatable bonds is 5. The van der Waals surface area contributed by atoms with Crippen LogP contribution >= 0.6 is 0 Å². The van der Waals surface area contributed by atoms with Gasteiger partial charge in [0.1, 0.15) is 11.6 Å². The summed E-state index contributed by atoms with van der Waals surface area (Å²) >= 11 is 0. The molecule has 6 nitrogen and oxygen atoms in total. The number of ether oxygens (including phenoxy) is 1. The molecule has 154 valence electrons. The van der Waals surface area contributed by atoms with Crippen molar-refractivity contribution in [2.75, 3.05) is 5.32 Å². The van der Waals surface area contributed by atoms with E-state index < -0.39 is 0 Å². The summed E-state index contributed by atoms with van der Waals surface area (Å²) in [7, 11) is 0.